The summed E-state index contributed by atoms with van der Waals surface area (Å²) in [7, 11) is -4.04. The summed E-state index contributed by atoms with van der Waals surface area (Å²) in [5.74, 6) is 0.0918. The summed E-state index contributed by atoms with van der Waals surface area (Å²) in [6.45, 7) is 4.19. The molecule has 0 saturated carbocycles. The molecular weight excluding hydrogens is 392 g/mol. The maximum Gasteiger partial charge on any atom is 0.279 e. The minimum absolute atomic E-state index is 0.0637. The number of aromatic amines is 1. The van der Waals surface area contributed by atoms with Crippen LogP contribution < -0.4 is 14.8 Å². The van der Waals surface area contributed by atoms with Gasteiger partial charge in [-0.3, -0.25) is 14.6 Å². The maximum atomic E-state index is 12.8. The van der Waals surface area contributed by atoms with E-state index in [4.69, 9.17) is 4.74 Å². The average molecular weight is 414 g/mol. The van der Waals surface area contributed by atoms with E-state index in [9.17, 15) is 13.2 Å². The van der Waals surface area contributed by atoms with Gasteiger partial charge in [0.25, 0.3) is 15.9 Å². The van der Waals surface area contributed by atoms with Crippen molar-refractivity contribution in [2.75, 3.05) is 11.3 Å². The highest BCUT2D eigenvalue weighted by molar-refractivity contribution is 7.92. The zero-order chi connectivity index (χ0) is 20.9. The topological polar surface area (TPSA) is 113 Å². The first-order chi connectivity index (χ1) is 13.9. The summed E-state index contributed by atoms with van der Waals surface area (Å²) in [6, 6.07) is 15.5. The number of H-pyrrole nitrogens is 1. The lowest BCUT2D eigenvalue weighted by molar-refractivity contribution is 0.0936. The molecule has 0 saturated heterocycles. The zero-order valence-electron chi connectivity index (χ0n) is 16.0. The summed E-state index contributed by atoms with van der Waals surface area (Å²) < 4.78 is 33.3. The number of hydrogen-bond donors (Lipinski definition) is 3. The number of anilines is 1. The van der Waals surface area contributed by atoms with Crippen LogP contribution in [0.25, 0.3) is 0 Å². The highest BCUT2D eigenvalue weighted by atomic mass is 32.2. The first-order valence-electron chi connectivity index (χ1n) is 9.05. The van der Waals surface area contributed by atoms with E-state index in [2.05, 4.69) is 20.2 Å². The van der Waals surface area contributed by atoms with E-state index in [-0.39, 0.29) is 16.6 Å². The molecule has 0 bridgehead atoms. The van der Waals surface area contributed by atoms with Crippen molar-refractivity contribution in [1.29, 1.82) is 0 Å². The molecule has 3 aromatic rings. The van der Waals surface area contributed by atoms with Crippen molar-refractivity contribution >= 4 is 21.6 Å². The van der Waals surface area contributed by atoms with Crippen LogP contribution in [0.5, 0.6) is 5.75 Å². The number of amides is 1. The van der Waals surface area contributed by atoms with Gasteiger partial charge >= 0.3 is 0 Å². The van der Waals surface area contributed by atoms with Gasteiger partial charge in [-0.1, -0.05) is 30.3 Å². The highest BCUT2D eigenvalue weighted by Crippen LogP contribution is 2.21. The third kappa shape index (κ3) is 4.94. The number of rotatable bonds is 8. The summed E-state index contributed by atoms with van der Waals surface area (Å²) >= 11 is 0. The second-order valence-electron chi connectivity index (χ2n) is 6.28. The summed E-state index contributed by atoms with van der Waals surface area (Å²) in [4.78, 5) is 12.6. The highest BCUT2D eigenvalue weighted by Gasteiger charge is 2.26. The van der Waals surface area contributed by atoms with Crippen molar-refractivity contribution in [3.8, 4) is 5.75 Å². The Labute approximate surface area is 169 Å². The molecule has 9 heteroatoms. The van der Waals surface area contributed by atoms with Gasteiger partial charge in [0.15, 0.2) is 5.03 Å². The normalized spacial score (nSPS) is 12.2. The second kappa shape index (κ2) is 8.78. The third-order valence-corrected chi connectivity index (χ3v) is 5.54. The van der Waals surface area contributed by atoms with Crippen LogP contribution in [0.1, 0.15) is 35.8 Å². The van der Waals surface area contributed by atoms with Crippen LogP contribution in [0.3, 0.4) is 0 Å². The number of carbonyl (C=O) groups excluding carboxylic acids is 1. The molecule has 0 spiro atoms. The summed E-state index contributed by atoms with van der Waals surface area (Å²) in [5.41, 5.74) is 1.18. The molecule has 1 atom stereocenters. The first kappa shape index (κ1) is 20.4. The molecule has 1 heterocycles. The van der Waals surface area contributed by atoms with Crippen molar-refractivity contribution in [3.05, 3.63) is 71.9 Å². The Morgan fingerprint density at radius 3 is 2.48 bits per heavy atom. The smallest absolute Gasteiger partial charge is 0.279 e. The SMILES string of the molecule is CCOc1ccc(NS(=O)(=O)c2[nH]ncc2C(=O)N[C@H](C)c2ccccc2)cc1. The van der Waals surface area contributed by atoms with Gasteiger partial charge in [-0.05, 0) is 43.7 Å². The molecule has 0 radical (unpaired) electrons. The van der Waals surface area contributed by atoms with Crippen LogP contribution in [0.2, 0.25) is 0 Å². The van der Waals surface area contributed by atoms with E-state index in [1.54, 1.807) is 24.3 Å². The Morgan fingerprint density at radius 2 is 1.83 bits per heavy atom. The lowest BCUT2D eigenvalue weighted by Gasteiger charge is -2.14. The predicted octanol–water partition coefficient (Wildman–Crippen LogP) is 3.10. The molecule has 29 heavy (non-hydrogen) atoms. The van der Waals surface area contributed by atoms with Gasteiger partial charge in [0.05, 0.1) is 24.4 Å². The monoisotopic (exact) mass is 414 g/mol. The Kier molecular flexibility index (Phi) is 6.18. The quantitative estimate of drug-likeness (QED) is 0.524. The molecule has 3 N–H and O–H groups in total. The molecule has 8 nitrogen and oxygen atoms in total. The van der Waals surface area contributed by atoms with Crippen LogP contribution >= 0.6 is 0 Å². The minimum atomic E-state index is -4.04. The van der Waals surface area contributed by atoms with Gasteiger partial charge in [0.1, 0.15) is 5.75 Å². The van der Waals surface area contributed by atoms with E-state index >= 15 is 0 Å². The van der Waals surface area contributed by atoms with E-state index in [0.717, 1.165) is 5.56 Å². The van der Waals surface area contributed by atoms with Crippen molar-refractivity contribution in [1.82, 2.24) is 15.5 Å². The summed E-state index contributed by atoms with van der Waals surface area (Å²) in [6.07, 6.45) is 1.19. The fraction of sp³-hybridized carbons (Fsp3) is 0.200. The molecule has 0 unspecified atom stereocenters. The molecule has 1 amide bonds. The van der Waals surface area contributed by atoms with Gasteiger partial charge in [-0.2, -0.15) is 13.5 Å². The van der Waals surface area contributed by atoms with Crippen molar-refractivity contribution in [3.63, 3.8) is 0 Å². The van der Waals surface area contributed by atoms with Crippen LogP contribution in [-0.2, 0) is 10.0 Å². The molecule has 0 fully saturated rings. The fourth-order valence-corrected chi connectivity index (χ4v) is 3.89. The number of hydrogen-bond acceptors (Lipinski definition) is 5. The maximum absolute atomic E-state index is 12.8. The number of benzene rings is 2. The Bertz CT molecular complexity index is 1060. The number of nitrogens with zero attached hydrogens (tertiary/aromatic N) is 1. The van der Waals surface area contributed by atoms with Crippen LogP contribution in [0.15, 0.2) is 65.8 Å². The van der Waals surface area contributed by atoms with E-state index in [0.29, 0.717) is 18.0 Å². The second-order valence-corrected chi connectivity index (χ2v) is 7.90. The predicted molar refractivity (Wildman–Crippen MR) is 109 cm³/mol. The molecule has 2 aromatic carbocycles. The molecule has 152 valence electrons. The minimum Gasteiger partial charge on any atom is -0.494 e. The Morgan fingerprint density at radius 1 is 1.14 bits per heavy atom. The van der Waals surface area contributed by atoms with Crippen LogP contribution in [-0.4, -0.2) is 31.1 Å². The largest absolute Gasteiger partial charge is 0.494 e. The van der Waals surface area contributed by atoms with Crippen molar-refractivity contribution in [2.24, 2.45) is 0 Å². The lowest BCUT2D eigenvalue weighted by Crippen LogP contribution is -2.28. The molecule has 0 aliphatic carbocycles. The van der Waals surface area contributed by atoms with Crippen LogP contribution in [0.4, 0.5) is 5.69 Å². The van der Waals surface area contributed by atoms with Gasteiger partial charge in [0.2, 0.25) is 0 Å². The standard InChI is InChI=1S/C20H22N4O4S/c1-3-28-17-11-9-16(10-12-17)24-29(26,27)20-18(13-21-23-20)19(25)22-14(2)15-7-5-4-6-8-15/h4-14,24H,3H2,1-2H3,(H,21,23)(H,22,25)/t14-/m1/s1. The summed E-state index contributed by atoms with van der Waals surface area (Å²) in [5, 5.41) is 8.64. The van der Waals surface area contributed by atoms with E-state index < -0.39 is 15.9 Å². The van der Waals surface area contributed by atoms with Gasteiger partial charge in [0, 0.05) is 5.69 Å². The fourth-order valence-electron chi connectivity index (χ4n) is 2.73. The van der Waals surface area contributed by atoms with Gasteiger partial charge in [-0.25, -0.2) is 0 Å². The number of aromatic nitrogens is 2. The molecule has 0 aliphatic rings. The van der Waals surface area contributed by atoms with Gasteiger partial charge < -0.3 is 10.1 Å². The number of carbonyl (C=O) groups is 1. The zero-order valence-corrected chi connectivity index (χ0v) is 16.9. The van der Waals surface area contributed by atoms with Crippen LogP contribution in [0, 0.1) is 0 Å². The molecule has 0 aliphatic heterocycles. The van der Waals surface area contributed by atoms with Gasteiger partial charge in [-0.15, -0.1) is 0 Å². The molecule has 1 aromatic heterocycles. The number of ether oxygens (including phenoxy) is 1. The Hall–Kier alpha value is -3.33. The van der Waals surface area contributed by atoms with Crippen molar-refractivity contribution < 1.29 is 17.9 Å². The van der Waals surface area contributed by atoms with Crippen molar-refractivity contribution in [2.45, 2.75) is 24.9 Å². The van der Waals surface area contributed by atoms with E-state index in [1.165, 1.54) is 6.20 Å². The third-order valence-electron chi connectivity index (χ3n) is 4.18. The molecular formula is C20H22N4O4S. The average Bonchev–Trinajstić information content (AvgIpc) is 3.21. The van der Waals surface area contributed by atoms with E-state index in [1.807, 2.05) is 44.2 Å². The first-order valence-corrected chi connectivity index (χ1v) is 10.5. The number of sulfonamides is 1. The molecule has 3 rings (SSSR count). The Balaban J connectivity index is 1.76. The lowest BCUT2D eigenvalue weighted by atomic mass is 10.1. The number of nitrogens with one attached hydrogen (secondary N) is 3.